The number of nitrogens with one attached hydrogen (secondary N) is 1. The zero-order valence-corrected chi connectivity index (χ0v) is 11.6. The van der Waals surface area contributed by atoms with Crippen molar-refractivity contribution in [3.63, 3.8) is 0 Å². The number of fused-ring (bicyclic) bond motifs is 1. The Labute approximate surface area is 121 Å². The first-order chi connectivity index (χ1) is 9.78. The van der Waals surface area contributed by atoms with Crippen LogP contribution in [0.1, 0.15) is 0 Å². The van der Waals surface area contributed by atoms with Crippen LogP contribution in [-0.2, 0) is 6.67 Å². The number of halogens is 1. The molecule has 0 spiro atoms. The number of anilines is 1. The summed E-state index contributed by atoms with van der Waals surface area (Å²) in [5.41, 5.74) is 2.66. The lowest BCUT2D eigenvalue weighted by atomic mass is 10.3. The van der Waals surface area contributed by atoms with E-state index in [0.717, 1.165) is 22.5 Å². The molecule has 0 fully saturated rings. The quantitative estimate of drug-likeness (QED) is 0.801. The van der Waals surface area contributed by atoms with Gasteiger partial charge in [-0.2, -0.15) is 0 Å². The second-order valence-electron chi connectivity index (χ2n) is 4.26. The minimum atomic E-state index is 0.483. The molecule has 3 rings (SSSR count). The Morgan fingerprint density at radius 3 is 2.95 bits per heavy atom. The Balaban J connectivity index is 1.84. The number of hydrogen-bond donors (Lipinski definition) is 1. The average molecular weight is 289 g/mol. The molecule has 102 valence electrons. The maximum absolute atomic E-state index is 6.00. The Morgan fingerprint density at radius 1 is 1.25 bits per heavy atom. The van der Waals surface area contributed by atoms with E-state index in [0.29, 0.717) is 11.7 Å². The number of nitrogens with zero attached hydrogens (tertiary/aromatic N) is 3. The molecule has 0 bridgehead atoms. The van der Waals surface area contributed by atoms with Gasteiger partial charge in [0.05, 0.1) is 18.3 Å². The van der Waals surface area contributed by atoms with Crippen molar-refractivity contribution < 1.29 is 4.74 Å². The van der Waals surface area contributed by atoms with Crippen LogP contribution in [-0.4, -0.2) is 22.1 Å². The maximum atomic E-state index is 6.00. The lowest BCUT2D eigenvalue weighted by Crippen LogP contribution is -2.10. The van der Waals surface area contributed by atoms with Crippen LogP contribution in [0.25, 0.3) is 11.0 Å². The lowest BCUT2D eigenvalue weighted by Gasteiger charge is -2.11. The van der Waals surface area contributed by atoms with Gasteiger partial charge >= 0.3 is 0 Å². The van der Waals surface area contributed by atoms with Crippen molar-refractivity contribution >= 4 is 28.3 Å². The molecule has 0 atom stereocenters. The van der Waals surface area contributed by atoms with Crippen LogP contribution < -0.4 is 10.1 Å². The Kier molecular flexibility index (Phi) is 3.43. The van der Waals surface area contributed by atoms with Crippen molar-refractivity contribution in [2.75, 3.05) is 12.4 Å². The molecule has 0 aliphatic heterocycles. The fraction of sp³-hybridized carbons (Fsp3) is 0.143. The van der Waals surface area contributed by atoms with E-state index in [2.05, 4.69) is 15.6 Å². The van der Waals surface area contributed by atoms with Gasteiger partial charge in [-0.3, -0.25) is 0 Å². The molecule has 0 aliphatic rings. The topological polar surface area (TPSA) is 52.0 Å². The summed E-state index contributed by atoms with van der Waals surface area (Å²) in [5.74, 6) is 0.735. The predicted molar refractivity (Wildman–Crippen MR) is 79.2 cm³/mol. The SMILES string of the molecule is COc1ccc(Cl)cc1NCn1nnc2ccccc21. The van der Waals surface area contributed by atoms with E-state index in [4.69, 9.17) is 16.3 Å². The molecule has 1 heterocycles. The van der Waals surface area contributed by atoms with E-state index in [-0.39, 0.29) is 0 Å². The first kappa shape index (κ1) is 12.7. The van der Waals surface area contributed by atoms with Gasteiger partial charge in [-0.05, 0) is 30.3 Å². The van der Waals surface area contributed by atoms with Crippen molar-refractivity contribution in [2.24, 2.45) is 0 Å². The minimum absolute atomic E-state index is 0.483. The molecule has 2 aromatic carbocycles. The predicted octanol–water partition coefficient (Wildman–Crippen LogP) is 3.16. The summed E-state index contributed by atoms with van der Waals surface area (Å²) >= 11 is 6.00. The molecule has 3 aromatic rings. The van der Waals surface area contributed by atoms with Crippen molar-refractivity contribution in [1.29, 1.82) is 0 Å². The van der Waals surface area contributed by atoms with Gasteiger partial charge in [-0.15, -0.1) is 5.10 Å². The molecule has 0 amide bonds. The Hall–Kier alpha value is -2.27. The van der Waals surface area contributed by atoms with Gasteiger partial charge in [0.15, 0.2) is 0 Å². The van der Waals surface area contributed by atoms with Crippen LogP contribution in [0.2, 0.25) is 5.02 Å². The molecule has 5 nitrogen and oxygen atoms in total. The van der Waals surface area contributed by atoms with Crippen LogP contribution >= 0.6 is 11.6 Å². The summed E-state index contributed by atoms with van der Waals surface area (Å²) in [6.07, 6.45) is 0. The minimum Gasteiger partial charge on any atom is -0.495 e. The van der Waals surface area contributed by atoms with Gasteiger partial charge in [-0.25, -0.2) is 4.68 Å². The fourth-order valence-corrected chi connectivity index (χ4v) is 2.18. The molecular weight excluding hydrogens is 276 g/mol. The van der Waals surface area contributed by atoms with Crippen LogP contribution in [0.3, 0.4) is 0 Å². The summed E-state index contributed by atoms with van der Waals surface area (Å²) in [4.78, 5) is 0. The Bertz CT molecular complexity index is 741. The first-order valence-electron chi connectivity index (χ1n) is 6.13. The highest BCUT2D eigenvalue weighted by molar-refractivity contribution is 6.30. The number of para-hydroxylation sites is 1. The van der Waals surface area contributed by atoms with Gasteiger partial charge in [0.25, 0.3) is 0 Å². The molecule has 0 saturated heterocycles. The van der Waals surface area contributed by atoms with Crippen molar-refractivity contribution in [3.8, 4) is 5.75 Å². The highest BCUT2D eigenvalue weighted by Crippen LogP contribution is 2.27. The summed E-state index contributed by atoms with van der Waals surface area (Å²) in [5, 5.41) is 12.1. The zero-order valence-electron chi connectivity index (χ0n) is 10.9. The van der Waals surface area contributed by atoms with Crippen molar-refractivity contribution in [2.45, 2.75) is 6.67 Å². The van der Waals surface area contributed by atoms with E-state index >= 15 is 0 Å². The maximum Gasteiger partial charge on any atom is 0.142 e. The normalized spacial score (nSPS) is 10.7. The van der Waals surface area contributed by atoms with Crippen molar-refractivity contribution in [1.82, 2.24) is 15.0 Å². The highest BCUT2D eigenvalue weighted by Gasteiger charge is 2.06. The van der Waals surface area contributed by atoms with E-state index < -0.39 is 0 Å². The molecule has 1 N–H and O–H groups in total. The number of ether oxygens (including phenoxy) is 1. The molecule has 0 aliphatic carbocycles. The second-order valence-corrected chi connectivity index (χ2v) is 4.69. The molecular formula is C14H13ClN4O. The summed E-state index contributed by atoms with van der Waals surface area (Å²) < 4.78 is 7.08. The molecule has 6 heteroatoms. The summed E-state index contributed by atoms with van der Waals surface area (Å²) in [6, 6.07) is 13.2. The zero-order chi connectivity index (χ0) is 13.9. The largest absolute Gasteiger partial charge is 0.495 e. The van der Waals surface area contributed by atoms with Gasteiger partial charge in [-0.1, -0.05) is 28.9 Å². The van der Waals surface area contributed by atoms with Gasteiger partial charge in [0, 0.05) is 5.02 Å². The van der Waals surface area contributed by atoms with Crippen LogP contribution in [0.5, 0.6) is 5.75 Å². The number of aromatic nitrogens is 3. The highest BCUT2D eigenvalue weighted by atomic mass is 35.5. The Morgan fingerprint density at radius 2 is 2.10 bits per heavy atom. The van der Waals surface area contributed by atoms with Gasteiger partial charge in [0.1, 0.15) is 17.9 Å². The third kappa shape index (κ3) is 2.40. The number of benzene rings is 2. The number of hydrogen-bond acceptors (Lipinski definition) is 4. The standard InChI is InChI=1S/C14H13ClN4O/c1-20-14-7-6-10(15)8-12(14)16-9-19-13-5-3-2-4-11(13)17-18-19/h2-8,16H,9H2,1H3. The molecule has 20 heavy (non-hydrogen) atoms. The molecule has 0 radical (unpaired) electrons. The van der Waals surface area contributed by atoms with Crippen LogP contribution in [0.4, 0.5) is 5.69 Å². The van der Waals surface area contributed by atoms with E-state index in [1.54, 1.807) is 17.9 Å². The van der Waals surface area contributed by atoms with Crippen molar-refractivity contribution in [3.05, 3.63) is 47.5 Å². The number of methoxy groups -OCH3 is 1. The third-order valence-electron chi connectivity index (χ3n) is 3.00. The van der Waals surface area contributed by atoms with Crippen LogP contribution in [0.15, 0.2) is 42.5 Å². The van der Waals surface area contributed by atoms with Gasteiger partial charge in [0.2, 0.25) is 0 Å². The lowest BCUT2D eigenvalue weighted by molar-refractivity contribution is 0.416. The van der Waals surface area contributed by atoms with E-state index in [1.165, 1.54) is 0 Å². The summed E-state index contributed by atoms with van der Waals surface area (Å²) in [6.45, 7) is 0.483. The van der Waals surface area contributed by atoms with E-state index in [1.807, 2.05) is 36.4 Å². The number of rotatable bonds is 4. The smallest absolute Gasteiger partial charge is 0.142 e. The van der Waals surface area contributed by atoms with E-state index in [9.17, 15) is 0 Å². The fourth-order valence-electron chi connectivity index (χ4n) is 2.01. The first-order valence-corrected chi connectivity index (χ1v) is 6.51. The second kappa shape index (κ2) is 5.38. The van der Waals surface area contributed by atoms with Crippen LogP contribution in [0, 0.1) is 0 Å². The molecule has 0 unspecified atom stereocenters. The third-order valence-corrected chi connectivity index (χ3v) is 3.24. The molecule has 0 saturated carbocycles. The molecule has 1 aromatic heterocycles. The summed E-state index contributed by atoms with van der Waals surface area (Å²) in [7, 11) is 1.62. The monoisotopic (exact) mass is 288 g/mol. The van der Waals surface area contributed by atoms with Gasteiger partial charge < -0.3 is 10.1 Å². The average Bonchev–Trinajstić information content (AvgIpc) is 2.88.